The minimum absolute atomic E-state index is 0. The highest BCUT2D eigenvalue weighted by molar-refractivity contribution is 14.0. The SMILES string of the molecule is CN=C(NCCCc1nnc2n1CCCCC2)NCCc1cccc(Cl)c1.I. The largest absolute Gasteiger partial charge is 0.356 e. The fourth-order valence-electron chi connectivity index (χ4n) is 3.42. The molecule has 1 aromatic carbocycles. The highest BCUT2D eigenvalue weighted by atomic mass is 127. The Morgan fingerprint density at radius 3 is 2.82 bits per heavy atom. The molecule has 1 aromatic heterocycles. The van der Waals surface area contributed by atoms with Crippen LogP contribution in [0, 0.1) is 0 Å². The molecular formula is C20H30ClIN6. The number of nitrogens with one attached hydrogen (secondary N) is 2. The van der Waals surface area contributed by atoms with E-state index in [1.165, 1.54) is 24.8 Å². The van der Waals surface area contributed by atoms with Gasteiger partial charge in [-0.2, -0.15) is 0 Å². The van der Waals surface area contributed by atoms with Gasteiger partial charge in [-0.1, -0.05) is 30.2 Å². The maximum atomic E-state index is 6.03. The Morgan fingerprint density at radius 1 is 1.14 bits per heavy atom. The first-order chi connectivity index (χ1) is 13.3. The van der Waals surface area contributed by atoms with Crippen molar-refractivity contribution in [1.82, 2.24) is 25.4 Å². The molecule has 0 spiro atoms. The van der Waals surface area contributed by atoms with Crippen molar-refractivity contribution in [2.75, 3.05) is 20.1 Å². The summed E-state index contributed by atoms with van der Waals surface area (Å²) in [5, 5.41) is 16.3. The molecule has 0 amide bonds. The molecule has 0 bridgehead atoms. The van der Waals surface area contributed by atoms with Crippen LogP contribution in [0.1, 0.15) is 42.9 Å². The Labute approximate surface area is 189 Å². The number of halogens is 2. The number of aromatic nitrogens is 3. The summed E-state index contributed by atoms with van der Waals surface area (Å²) in [7, 11) is 1.80. The van der Waals surface area contributed by atoms with E-state index in [-0.39, 0.29) is 24.0 Å². The monoisotopic (exact) mass is 516 g/mol. The summed E-state index contributed by atoms with van der Waals surface area (Å²) in [6.45, 7) is 2.74. The van der Waals surface area contributed by atoms with Gasteiger partial charge in [0.1, 0.15) is 11.6 Å². The molecular weight excluding hydrogens is 487 g/mol. The van der Waals surface area contributed by atoms with Gasteiger partial charge in [0.2, 0.25) is 0 Å². The molecule has 0 unspecified atom stereocenters. The van der Waals surface area contributed by atoms with Gasteiger partial charge in [-0.15, -0.1) is 34.2 Å². The third-order valence-corrected chi connectivity index (χ3v) is 5.11. The van der Waals surface area contributed by atoms with Gasteiger partial charge in [-0.05, 0) is 43.4 Å². The lowest BCUT2D eigenvalue weighted by Crippen LogP contribution is -2.38. The normalized spacial score (nSPS) is 14.0. The van der Waals surface area contributed by atoms with Crippen molar-refractivity contribution in [2.24, 2.45) is 4.99 Å². The van der Waals surface area contributed by atoms with Crippen LogP contribution in [0.5, 0.6) is 0 Å². The first-order valence-electron chi connectivity index (χ1n) is 9.86. The third-order valence-electron chi connectivity index (χ3n) is 4.87. The number of aliphatic imine (C=N–C) groups is 1. The first-order valence-corrected chi connectivity index (χ1v) is 10.2. The number of rotatable bonds is 7. The number of benzene rings is 1. The van der Waals surface area contributed by atoms with Gasteiger partial charge >= 0.3 is 0 Å². The average molecular weight is 517 g/mol. The Kier molecular flexibility index (Phi) is 10.0. The van der Waals surface area contributed by atoms with Crippen LogP contribution in [0.2, 0.25) is 5.02 Å². The molecule has 0 atom stereocenters. The van der Waals surface area contributed by atoms with Crippen molar-refractivity contribution in [3.63, 3.8) is 0 Å². The summed E-state index contributed by atoms with van der Waals surface area (Å²) in [6.07, 6.45) is 7.69. The molecule has 1 aliphatic heterocycles. The van der Waals surface area contributed by atoms with Crippen LogP contribution in [-0.2, 0) is 25.8 Å². The van der Waals surface area contributed by atoms with Crippen LogP contribution in [0.4, 0.5) is 0 Å². The van der Waals surface area contributed by atoms with E-state index < -0.39 is 0 Å². The molecule has 1 aliphatic rings. The van der Waals surface area contributed by atoms with E-state index in [4.69, 9.17) is 11.6 Å². The van der Waals surface area contributed by atoms with E-state index in [0.717, 1.165) is 67.9 Å². The Balaban J connectivity index is 0.00000280. The molecule has 2 aromatic rings. The van der Waals surface area contributed by atoms with E-state index in [9.17, 15) is 0 Å². The molecule has 154 valence electrons. The smallest absolute Gasteiger partial charge is 0.190 e. The summed E-state index contributed by atoms with van der Waals surface area (Å²) < 4.78 is 2.32. The topological polar surface area (TPSA) is 67.1 Å². The Morgan fingerprint density at radius 2 is 2.00 bits per heavy atom. The molecule has 0 aliphatic carbocycles. The lowest BCUT2D eigenvalue weighted by molar-refractivity contribution is 0.594. The first kappa shape index (κ1) is 22.9. The predicted octanol–water partition coefficient (Wildman–Crippen LogP) is 3.62. The minimum Gasteiger partial charge on any atom is -0.356 e. The van der Waals surface area contributed by atoms with Gasteiger partial charge in [0, 0.05) is 44.5 Å². The second-order valence-corrected chi connectivity index (χ2v) is 7.34. The summed E-state index contributed by atoms with van der Waals surface area (Å²) in [6, 6.07) is 7.97. The molecule has 6 nitrogen and oxygen atoms in total. The van der Waals surface area contributed by atoms with Crippen LogP contribution in [0.15, 0.2) is 29.3 Å². The molecule has 0 radical (unpaired) electrons. The molecule has 2 N–H and O–H groups in total. The van der Waals surface area contributed by atoms with Crippen molar-refractivity contribution in [3.05, 3.63) is 46.5 Å². The average Bonchev–Trinajstić information content (AvgIpc) is 2.90. The van der Waals surface area contributed by atoms with Gasteiger partial charge < -0.3 is 15.2 Å². The highest BCUT2D eigenvalue weighted by Gasteiger charge is 2.14. The zero-order chi connectivity index (χ0) is 18.9. The van der Waals surface area contributed by atoms with Crippen LogP contribution < -0.4 is 10.6 Å². The molecule has 8 heteroatoms. The highest BCUT2D eigenvalue weighted by Crippen LogP contribution is 2.15. The number of guanidine groups is 1. The summed E-state index contributed by atoms with van der Waals surface area (Å²) in [5.41, 5.74) is 1.22. The number of hydrogen-bond donors (Lipinski definition) is 2. The molecule has 3 rings (SSSR count). The lowest BCUT2D eigenvalue weighted by atomic mass is 10.1. The van der Waals surface area contributed by atoms with Crippen molar-refractivity contribution >= 4 is 41.5 Å². The second-order valence-electron chi connectivity index (χ2n) is 6.90. The minimum atomic E-state index is 0. The Hall–Kier alpha value is -1.35. The van der Waals surface area contributed by atoms with Crippen molar-refractivity contribution < 1.29 is 0 Å². The molecule has 0 fully saturated rings. The van der Waals surface area contributed by atoms with Crippen molar-refractivity contribution in [2.45, 2.75) is 51.5 Å². The van der Waals surface area contributed by atoms with Crippen LogP contribution in [-0.4, -0.2) is 40.9 Å². The van der Waals surface area contributed by atoms with E-state index in [0.29, 0.717) is 0 Å². The molecule has 28 heavy (non-hydrogen) atoms. The zero-order valence-corrected chi connectivity index (χ0v) is 19.5. The van der Waals surface area contributed by atoms with Gasteiger partial charge in [0.05, 0.1) is 0 Å². The van der Waals surface area contributed by atoms with Crippen LogP contribution in [0.3, 0.4) is 0 Å². The second kappa shape index (κ2) is 12.3. The molecule has 0 saturated carbocycles. The lowest BCUT2D eigenvalue weighted by Gasteiger charge is -2.12. The summed E-state index contributed by atoms with van der Waals surface area (Å²) >= 11 is 6.03. The fraction of sp³-hybridized carbons (Fsp3) is 0.550. The van der Waals surface area contributed by atoms with E-state index in [2.05, 4.69) is 36.5 Å². The summed E-state index contributed by atoms with van der Waals surface area (Å²) in [5.74, 6) is 3.11. The quantitative estimate of drug-likeness (QED) is 0.255. The number of hydrogen-bond acceptors (Lipinski definition) is 3. The molecule has 0 saturated heterocycles. The van der Waals surface area contributed by atoms with Crippen LogP contribution >= 0.6 is 35.6 Å². The van der Waals surface area contributed by atoms with E-state index >= 15 is 0 Å². The fourth-order valence-corrected chi connectivity index (χ4v) is 3.63. The number of nitrogens with zero attached hydrogens (tertiary/aromatic N) is 4. The number of fused-ring (bicyclic) bond motifs is 1. The van der Waals surface area contributed by atoms with Crippen LogP contribution in [0.25, 0.3) is 0 Å². The molecule has 2 heterocycles. The van der Waals surface area contributed by atoms with Gasteiger partial charge in [-0.25, -0.2) is 0 Å². The van der Waals surface area contributed by atoms with Crippen molar-refractivity contribution in [1.29, 1.82) is 0 Å². The predicted molar refractivity (Wildman–Crippen MR) is 126 cm³/mol. The maximum absolute atomic E-state index is 6.03. The van der Waals surface area contributed by atoms with Crippen molar-refractivity contribution in [3.8, 4) is 0 Å². The van der Waals surface area contributed by atoms with Gasteiger partial charge in [0.15, 0.2) is 5.96 Å². The standard InChI is InChI=1S/C20H29ClN6.HI/c1-22-20(24-13-11-16-7-5-8-17(21)15-16)23-12-6-10-19-26-25-18-9-3-2-4-14-27(18)19;/h5,7-8,15H,2-4,6,9-14H2,1H3,(H2,22,23,24);1H. The van der Waals surface area contributed by atoms with E-state index in [1.807, 2.05) is 18.2 Å². The zero-order valence-electron chi connectivity index (χ0n) is 16.5. The van der Waals surface area contributed by atoms with Gasteiger partial charge in [-0.3, -0.25) is 4.99 Å². The van der Waals surface area contributed by atoms with Gasteiger partial charge in [0.25, 0.3) is 0 Å². The third kappa shape index (κ3) is 6.92. The summed E-state index contributed by atoms with van der Waals surface area (Å²) in [4.78, 5) is 4.29. The van der Waals surface area contributed by atoms with E-state index in [1.54, 1.807) is 7.05 Å². The maximum Gasteiger partial charge on any atom is 0.190 e. The Bertz CT molecular complexity index is 761. The number of aryl methyl sites for hydroxylation is 2.